The molecule has 0 aromatic heterocycles. The maximum atomic E-state index is 12.5. The number of benzene rings is 1. The minimum absolute atomic E-state index is 0.0781. The summed E-state index contributed by atoms with van der Waals surface area (Å²) in [6.07, 6.45) is 1.91. The van der Waals surface area contributed by atoms with Crippen LogP contribution in [0.25, 0.3) is 0 Å². The van der Waals surface area contributed by atoms with Gasteiger partial charge in [0.15, 0.2) is 0 Å². The summed E-state index contributed by atoms with van der Waals surface area (Å²) in [5.74, 6) is -0.418. The van der Waals surface area contributed by atoms with Crippen LogP contribution in [0.1, 0.15) is 30.1 Å². The molecule has 0 atom stereocenters. The summed E-state index contributed by atoms with van der Waals surface area (Å²) in [5.41, 5.74) is 0.878. The highest BCUT2D eigenvalue weighted by molar-refractivity contribution is 6.34. The number of hydrogen-bond acceptors (Lipinski definition) is 3. The van der Waals surface area contributed by atoms with E-state index in [4.69, 9.17) is 16.7 Å². The molecule has 1 aliphatic rings. The second-order valence-electron chi connectivity index (χ2n) is 4.83. The van der Waals surface area contributed by atoms with E-state index in [1.165, 1.54) is 6.92 Å². The number of halogens is 1. The first-order valence-corrected chi connectivity index (χ1v) is 6.89. The van der Waals surface area contributed by atoms with E-state index in [0.717, 1.165) is 12.8 Å². The molecular weight excluding hydrogens is 280 g/mol. The lowest BCUT2D eigenvalue weighted by molar-refractivity contribution is -0.114. The predicted molar refractivity (Wildman–Crippen MR) is 76.9 cm³/mol. The number of carbonyl (C=O) groups is 2. The van der Waals surface area contributed by atoms with Gasteiger partial charge in [-0.2, -0.15) is 0 Å². The molecule has 108 valence electrons. The van der Waals surface area contributed by atoms with Gasteiger partial charge in [-0.25, -0.2) is 0 Å². The fourth-order valence-electron chi connectivity index (χ4n) is 2.07. The standard InChI is InChI=1S/C14H17ClN2O3/c1-9(19)16-10-2-5-13(15)12(8-10)14(20)17(6-7-18)11-3-4-11/h2,5,8,11,18H,3-4,6-7H2,1H3,(H,16,19). The Morgan fingerprint density at radius 3 is 2.70 bits per heavy atom. The van der Waals surface area contributed by atoms with Gasteiger partial charge >= 0.3 is 0 Å². The number of hydrogen-bond donors (Lipinski definition) is 2. The second-order valence-corrected chi connectivity index (χ2v) is 5.24. The van der Waals surface area contributed by atoms with Crippen molar-refractivity contribution >= 4 is 29.1 Å². The third kappa shape index (κ3) is 3.49. The lowest BCUT2D eigenvalue weighted by Crippen LogP contribution is -2.35. The molecule has 1 saturated carbocycles. The zero-order valence-electron chi connectivity index (χ0n) is 11.2. The van der Waals surface area contributed by atoms with Crippen molar-refractivity contribution in [1.82, 2.24) is 4.90 Å². The number of nitrogens with one attached hydrogen (secondary N) is 1. The predicted octanol–water partition coefficient (Wildman–Crippen LogP) is 1.90. The van der Waals surface area contributed by atoms with Crippen LogP contribution in [-0.2, 0) is 4.79 Å². The molecule has 1 aliphatic carbocycles. The number of carbonyl (C=O) groups excluding carboxylic acids is 2. The first-order chi connectivity index (χ1) is 9.52. The molecule has 0 saturated heterocycles. The second kappa shape index (κ2) is 6.24. The van der Waals surface area contributed by atoms with E-state index in [1.54, 1.807) is 23.1 Å². The lowest BCUT2D eigenvalue weighted by atomic mass is 10.1. The van der Waals surface area contributed by atoms with Crippen LogP contribution in [0.3, 0.4) is 0 Å². The highest BCUT2D eigenvalue weighted by atomic mass is 35.5. The fourth-order valence-corrected chi connectivity index (χ4v) is 2.27. The van der Waals surface area contributed by atoms with Gasteiger partial charge in [0.1, 0.15) is 0 Å². The van der Waals surface area contributed by atoms with Crippen molar-refractivity contribution in [2.75, 3.05) is 18.5 Å². The molecule has 2 amide bonds. The summed E-state index contributed by atoms with van der Waals surface area (Å²) in [7, 11) is 0. The average Bonchev–Trinajstić information content (AvgIpc) is 3.21. The molecule has 0 spiro atoms. The molecule has 0 unspecified atom stereocenters. The maximum absolute atomic E-state index is 12.5. The van der Waals surface area contributed by atoms with E-state index in [1.807, 2.05) is 0 Å². The molecule has 0 aliphatic heterocycles. The van der Waals surface area contributed by atoms with Gasteiger partial charge in [0.2, 0.25) is 5.91 Å². The van der Waals surface area contributed by atoms with Crippen LogP contribution in [0, 0.1) is 0 Å². The van der Waals surface area contributed by atoms with E-state index in [9.17, 15) is 9.59 Å². The SMILES string of the molecule is CC(=O)Nc1ccc(Cl)c(C(=O)N(CCO)C2CC2)c1. The highest BCUT2D eigenvalue weighted by Gasteiger charge is 2.33. The quantitative estimate of drug-likeness (QED) is 0.872. The summed E-state index contributed by atoms with van der Waals surface area (Å²) in [6.45, 7) is 1.62. The Labute approximate surface area is 122 Å². The van der Waals surface area contributed by atoms with Crippen LogP contribution >= 0.6 is 11.6 Å². The topological polar surface area (TPSA) is 69.6 Å². The largest absolute Gasteiger partial charge is 0.395 e. The number of amides is 2. The van der Waals surface area contributed by atoms with Crippen molar-refractivity contribution in [3.63, 3.8) is 0 Å². The van der Waals surface area contributed by atoms with Crippen LogP contribution in [0.15, 0.2) is 18.2 Å². The van der Waals surface area contributed by atoms with Crippen molar-refractivity contribution < 1.29 is 14.7 Å². The number of anilines is 1. The van der Waals surface area contributed by atoms with Crippen LogP contribution in [0.2, 0.25) is 5.02 Å². The van der Waals surface area contributed by atoms with Crippen molar-refractivity contribution in [1.29, 1.82) is 0 Å². The van der Waals surface area contributed by atoms with Gasteiger partial charge in [-0.3, -0.25) is 9.59 Å². The number of aliphatic hydroxyl groups is 1. The van der Waals surface area contributed by atoms with Gasteiger partial charge < -0.3 is 15.3 Å². The van der Waals surface area contributed by atoms with Crippen molar-refractivity contribution in [2.24, 2.45) is 0 Å². The lowest BCUT2D eigenvalue weighted by Gasteiger charge is -2.22. The molecule has 2 N–H and O–H groups in total. The van der Waals surface area contributed by atoms with E-state index in [-0.39, 0.29) is 24.5 Å². The Hall–Kier alpha value is -1.59. The van der Waals surface area contributed by atoms with E-state index in [0.29, 0.717) is 22.8 Å². The Morgan fingerprint density at radius 2 is 2.15 bits per heavy atom. The smallest absolute Gasteiger partial charge is 0.255 e. The van der Waals surface area contributed by atoms with E-state index in [2.05, 4.69) is 5.32 Å². The Balaban J connectivity index is 2.25. The molecule has 2 rings (SSSR count). The molecule has 6 heteroatoms. The molecule has 20 heavy (non-hydrogen) atoms. The van der Waals surface area contributed by atoms with Gasteiger partial charge in [0, 0.05) is 25.2 Å². The summed E-state index contributed by atoms with van der Waals surface area (Å²) in [5, 5.41) is 12.0. The molecule has 5 nitrogen and oxygen atoms in total. The molecule has 0 bridgehead atoms. The van der Waals surface area contributed by atoms with Crippen molar-refractivity contribution in [2.45, 2.75) is 25.8 Å². The Kier molecular flexibility index (Phi) is 4.62. The monoisotopic (exact) mass is 296 g/mol. The third-order valence-electron chi connectivity index (χ3n) is 3.11. The molecule has 0 radical (unpaired) electrons. The summed E-state index contributed by atoms with van der Waals surface area (Å²) in [6, 6.07) is 4.99. The summed E-state index contributed by atoms with van der Waals surface area (Å²) < 4.78 is 0. The van der Waals surface area contributed by atoms with Gasteiger partial charge in [0.25, 0.3) is 5.91 Å². The van der Waals surface area contributed by atoms with Gasteiger partial charge in [-0.1, -0.05) is 11.6 Å². The van der Waals surface area contributed by atoms with Crippen molar-refractivity contribution in [3.8, 4) is 0 Å². The van der Waals surface area contributed by atoms with Crippen LogP contribution < -0.4 is 5.32 Å². The first kappa shape index (κ1) is 14.8. The van der Waals surface area contributed by atoms with Gasteiger partial charge in [0.05, 0.1) is 17.2 Å². The highest BCUT2D eigenvalue weighted by Crippen LogP contribution is 2.30. The Morgan fingerprint density at radius 1 is 1.45 bits per heavy atom. The zero-order chi connectivity index (χ0) is 14.7. The third-order valence-corrected chi connectivity index (χ3v) is 3.44. The van der Waals surface area contributed by atoms with Crippen LogP contribution in [0.5, 0.6) is 0 Å². The molecular formula is C14H17ClN2O3. The fraction of sp³-hybridized carbons (Fsp3) is 0.429. The van der Waals surface area contributed by atoms with Crippen LogP contribution in [-0.4, -0.2) is 41.0 Å². The van der Waals surface area contributed by atoms with Crippen molar-refractivity contribution in [3.05, 3.63) is 28.8 Å². The normalized spacial score (nSPS) is 13.9. The summed E-state index contributed by atoms with van der Waals surface area (Å²) in [4.78, 5) is 25.2. The van der Waals surface area contributed by atoms with E-state index < -0.39 is 0 Å². The number of rotatable bonds is 5. The molecule has 0 heterocycles. The minimum atomic E-state index is -0.209. The van der Waals surface area contributed by atoms with Gasteiger partial charge in [-0.15, -0.1) is 0 Å². The van der Waals surface area contributed by atoms with Crippen LogP contribution in [0.4, 0.5) is 5.69 Å². The number of aliphatic hydroxyl groups excluding tert-OH is 1. The number of nitrogens with zero attached hydrogens (tertiary/aromatic N) is 1. The average molecular weight is 297 g/mol. The Bertz CT molecular complexity index is 529. The summed E-state index contributed by atoms with van der Waals surface area (Å²) >= 11 is 6.07. The van der Waals surface area contributed by atoms with E-state index >= 15 is 0 Å². The maximum Gasteiger partial charge on any atom is 0.255 e. The molecule has 1 aromatic rings. The minimum Gasteiger partial charge on any atom is -0.395 e. The first-order valence-electron chi connectivity index (χ1n) is 6.52. The van der Waals surface area contributed by atoms with Gasteiger partial charge in [-0.05, 0) is 31.0 Å². The molecule has 1 aromatic carbocycles. The molecule has 1 fully saturated rings. The zero-order valence-corrected chi connectivity index (χ0v) is 12.0.